The summed E-state index contributed by atoms with van der Waals surface area (Å²) in [4.78, 5) is 13.9. The maximum Gasteiger partial charge on any atom is 0.267 e. The molecule has 26 heavy (non-hydrogen) atoms. The Morgan fingerprint density at radius 3 is 2.54 bits per heavy atom. The van der Waals surface area contributed by atoms with E-state index >= 15 is 0 Å². The number of sulfonamides is 1. The van der Waals surface area contributed by atoms with Gasteiger partial charge >= 0.3 is 0 Å². The third-order valence-electron chi connectivity index (χ3n) is 4.31. The molecule has 1 atom stereocenters. The molecule has 3 rings (SSSR count). The minimum absolute atomic E-state index is 0.0878. The Bertz CT molecular complexity index is 894. The number of carbonyl (C=O) groups excluding carboxylic acids is 1. The molecule has 1 aliphatic rings. The molecule has 0 saturated heterocycles. The first kappa shape index (κ1) is 18.4. The summed E-state index contributed by atoms with van der Waals surface area (Å²) >= 11 is 0. The van der Waals surface area contributed by atoms with Gasteiger partial charge in [-0.05, 0) is 24.6 Å². The van der Waals surface area contributed by atoms with Crippen LogP contribution in [-0.4, -0.2) is 34.0 Å². The van der Waals surface area contributed by atoms with Gasteiger partial charge in [0.1, 0.15) is 5.75 Å². The van der Waals surface area contributed by atoms with Gasteiger partial charge in [-0.15, -0.1) is 0 Å². The topological polar surface area (TPSA) is 75.7 Å². The van der Waals surface area contributed by atoms with Crippen molar-refractivity contribution in [2.45, 2.75) is 25.2 Å². The lowest BCUT2D eigenvalue weighted by Crippen LogP contribution is -2.45. The molecule has 0 spiro atoms. The number of anilines is 1. The van der Waals surface area contributed by atoms with Crippen molar-refractivity contribution in [2.75, 3.05) is 18.5 Å². The van der Waals surface area contributed by atoms with Crippen LogP contribution in [0.1, 0.15) is 17.5 Å². The number of rotatable bonds is 6. The minimum Gasteiger partial charge on any atom is -0.478 e. The number of amides is 1. The summed E-state index contributed by atoms with van der Waals surface area (Å²) in [5.74, 6) is 0.360. The Hall–Kier alpha value is -2.38. The molecule has 2 aromatic rings. The van der Waals surface area contributed by atoms with Crippen LogP contribution in [0.4, 0.5) is 5.69 Å². The molecule has 1 unspecified atom stereocenters. The highest BCUT2D eigenvalue weighted by atomic mass is 32.2. The molecule has 1 amide bonds. The monoisotopic (exact) mass is 374 g/mol. The first-order valence-corrected chi connectivity index (χ1v) is 10.1. The predicted octanol–water partition coefficient (Wildman–Crippen LogP) is 2.23. The number of para-hydroxylation sites is 2. The Kier molecular flexibility index (Phi) is 5.29. The fraction of sp³-hybridized carbons (Fsp3) is 0.316. The quantitative estimate of drug-likeness (QED) is 0.841. The van der Waals surface area contributed by atoms with E-state index in [0.717, 1.165) is 11.1 Å². The first-order chi connectivity index (χ1) is 12.4. The number of nitrogens with one attached hydrogen (secondary N) is 1. The number of fused-ring (bicyclic) bond motifs is 1. The lowest BCUT2D eigenvalue weighted by Gasteiger charge is -2.31. The molecule has 2 aromatic carbocycles. The van der Waals surface area contributed by atoms with Gasteiger partial charge in [-0.1, -0.05) is 42.0 Å². The van der Waals surface area contributed by atoms with Gasteiger partial charge in [0.05, 0.1) is 11.4 Å². The van der Waals surface area contributed by atoms with Crippen LogP contribution in [0.15, 0.2) is 48.5 Å². The summed E-state index contributed by atoms with van der Waals surface area (Å²) in [5.41, 5.74) is 2.52. The van der Waals surface area contributed by atoms with Crippen LogP contribution < -0.4 is 14.4 Å². The molecule has 1 heterocycles. The van der Waals surface area contributed by atoms with Crippen LogP contribution in [0.3, 0.4) is 0 Å². The highest BCUT2D eigenvalue weighted by Gasteiger charge is 2.31. The van der Waals surface area contributed by atoms with E-state index in [9.17, 15) is 13.2 Å². The number of hydrogen-bond acceptors (Lipinski definition) is 4. The highest BCUT2D eigenvalue weighted by Crippen LogP contribution is 2.33. The summed E-state index contributed by atoms with van der Waals surface area (Å²) < 4.78 is 32.7. The fourth-order valence-electron chi connectivity index (χ4n) is 2.85. The summed E-state index contributed by atoms with van der Waals surface area (Å²) in [6.45, 7) is 2.09. The molecule has 6 nitrogen and oxygen atoms in total. The smallest absolute Gasteiger partial charge is 0.267 e. The van der Waals surface area contributed by atoms with Crippen LogP contribution in [0, 0.1) is 6.92 Å². The molecule has 1 aliphatic heterocycles. The molecule has 0 radical (unpaired) electrons. The number of benzene rings is 2. The van der Waals surface area contributed by atoms with Crippen molar-refractivity contribution in [3.05, 3.63) is 59.7 Å². The van der Waals surface area contributed by atoms with Crippen molar-refractivity contribution in [1.82, 2.24) is 4.72 Å². The van der Waals surface area contributed by atoms with E-state index in [2.05, 4.69) is 4.72 Å². The van der Waals surface area contributed by atoms with Crippen molar-refractivity contribution >= 4 is 21.6 Å². The molecular weight excluding hydrogens is 352 g/mol. The van der Waals surface area contributed by atoms with Crippen LogP contribution in [0.2, 0.25) is 0 Å². The third-order valence-corrected chi connectivity index (χ3v) is 5.66. The van der Waals surface area contributed by atoms with E-state index in [1.807, 2.05) is 37.3 Å². The second-order valence-corrected chi connectivity index (χ2v) is 8.21. The van der Waals surface area contributed by atoms with Gasteiger partial charge in [-0.3, -0.25) is 4.79 Å². The van der Waals surface area contributed by atoms with Crippen molar-refractivity contribution in [1.29, 1.82) is 0 Å². The Morgan fingerprint density at radius 1 is 1.12 bits per heavy atom. The van der Waals surface area contributed by atoms with Crippen molar-refractivity contribution in [2.24, 2.45) is 0 Å². The van der Waals surface area contributed by atoms with E-state index in [0.29, 0.717) is 11.4 Å². The van der Waals surface area contributed by atoms with Crippen LogP contribution >= 0.6 is 0 Å². The summed E-state index contributed by atoms with van der Waals surface area (Å²) in [5, 5.41) is 0. The molecule has 0 aliphatic carbocycles. The zero-order valence-corrected chi connectivity index (χ0v) is 15.6. The van der Waals surface area contributed by atoms with Crippen molar-refractivity contribution in [3.63, 3.8) is 0 Å². The van der Waals surface area contributed by atoms with Crippen LogP contribution in [0.5, 0.6) is 5.75 Å². The summed E-state index contributed by atoms with van der Waals surface area (Å²) in [7, 11) is -1.78. The van der Waals surface area contributed by atoms with E-state index in [4.69, 9.17) is 4.74 Å². The van der Waals surface area contributed by atoms with Gasteiger partial charge < -0.3 is 9.64 Å². The van der Waals surface area contributed by atoms with Gasteiger partial charge in [0.2, 0.25) is 10.0 Å². The normalized spacial score (nSPS) is 16.9. The van der Waals surface area contributed by atoms with E-state index in [1.165, 1.54) is 0 Å². The Morgan fingerprint density at radius 2 is 1.81 bits per heavy atom. The highest BCUT2D eigenvalue weighted by molar-refractivity contribution is 7.88. The number of ether oxygens (including phenoxy) is 1. The average Bonchev–Trinajstić information content (AvgIpc) is 2.61. The molecule has 7 heteroatoms. The lowest BCUT2D eigenvalue weighted by atomic mass is 10.1. The predicted molar refractivity (Wildman–Crippen MR) is 101 cm³/mol. The zero-order chi connectivity index (χ0) is 18.7. The zero-order valence-electron chi connectivity index (χ0n) is 14.8. The van der Waals surface area contributed by atoms with E-state index in [1.54, 1.807) is 30.1 Å². The van der Waals surface area contributed by atoms with Gasteiger partial charge in [0.25, 0.3) is 5.91 Å². The molecule has 0 saturated carbocycles. The van der Waals surface area contributed by atoms with Crippen LogP contribution in [0.25, 0.3) is 0 Å². The summed E-state index contributed by atoms with van der Waals surface area (Å²) in [6.07, 6.45) is -0.429. The fourth-order valence-corrected chi connectivity index (χ4v) is 4.02. The molecule has 0 fully saturated rings. The molecule has 0 bridgehead atoms. The molecule has 138 valence electrons. The second-order valence-electron chi connectivity index (χ2n) is 6.40. The Balaban J connectivity index is 1.57. The number of carbonyl (C=O) groups is 1. The average molecular weight is 374 g/mol. The number of likely N-dealkylation sites (N-methyl/N-ethyl adjacent to an activating group) is 1. The number of aryl methyl sites for hydroxylation is 1. The lowest BCUT2D eigenvalue weighted by molar-refractivity contribution is -0.126. The first-order valence-electron chi connectivity index (χ1n) is 8.42. The van der Waals surface area contributed by atoms with E-state index < -0.39 is 16.1 Å². The SMILES string of the molecule is Cc1ccc(CS(=O)(=O)NCCC2Oc3ccccc3N(C)C2=O)cc1. The van der Waals surface area contributed by atoms with Gasteiger partial charge in [-0.2, -0.15) is 0 Å². The second kappa shape index (κ2) is 7.47. The standard InChI is InChI=1S/C19H22N2O4S/c1-14-7-9-15(10-8-14)13-26(23,24)20-12-11-18-19(22)21(2)16-5-3-4-6-17(16)25-18/h3-10,18,20H,11-13H2,1-2H3. The molecular formula is C19H22N2O4S. The summed E-state index contributed by atoms with van der Waals surface area (Å²) in [6, 6.07) is 14.7. The van der Waals surface area contributed by atoms with Gasteiger partial charge in [-0.25, -0.2) is 13.1 Å². The number of hydrogen-bond donors (Lipinski definition) is 1. The maximum absolute atomic E-state index is 12.4. The largest absolute Gasteiger partial charge is 0.478 e. The van der Waals surface area contributed by atoms with Crippen molar-refractivity contribution in [3.8, 4) is 5.75 Å². The third kappa shape index (κ3) is 4.23. The van der Waals surface area contributed by atoms with Crippen molar-refractivity contribution < 1.29 is 17.9 Å². The maximum atomic E-state index is 12.4. The van der Waals surface area contributed by atoms with Gasteiger partial charge in [0, 0.05) is 20.0 Å². The van der Waals surface area contributed by atoms with Crippen LogP contribution in [-0.2, 0) is 20.6 Å². The minimum atomic E-state index is -3.47. The molecule has 0 aromatic heterocycles. The molecule has 1 N–H and O–H groups in total. The van der Waals surface area contributed by atoms with Gasteiger partial charge in [0.15, 0.2) is 6.10 Å². The number of nitrogens with zero attached hydrogens (tertiary/aromatic N) is 1. The van der Waals surface area contributed by atoms with E-state index in [-0.39, 0.29) is 24.6 Å². The Labute approximate surface area is 153 Å².